The molecule has 2 N–H and O–H groups in total. The molecule has 2 rings (SSSR count). The first-order chi connectivity index (χ1) is 9.70. The van der Waals surface area contributed by atoms with Crippen molar-refractivity contribution in [1.29, 1.82) is 0 Å². The Morgan fingerprint density at radius 1 is 0.952 bits per heavy atom. The summed E-state index contributed by atoms with van der Waals surface area (Å²) in [4.78, 5) is 12.7. The molecule has 0 fully saturated rings. The number of anilines is 1. The second kappa shape index (κ2) is 5.30. The van der Waals surface area contributed by atoms with Gasteiger partial charge in [0.2, 0.25) is 0 Å². The lowest BCUT2D eigenvalue weighted by Crippen LogP contribution is -2.19. The highest BCUT2D eigenvalue weighted by Gasteiger charge is 2.18. The van der Waals surface area contributed by atoms with Gasteiger partial charge in [0.15, 0.2) is 0 Å². The van der Waals surface area contributed by atoms with Gasteiger partial charge in [-0.3, -0.25) is 9.52 Å². The maximum absolute atomic E-state index is 12.7. The minimum atomic E-state index is -4.90. The third-order valence-corrected chi connectivity index (χ3v) is 4.69. The Balaban J connectivity index is 2.37. The van der Waals surface area contributed by atoms with E-state index >= 15 is 0 Å². The number of rotatable bonds is 4. The summed E-state index contributed by atoms with van der Waals surface area (Å²) in [7, 11) is -8.99. The van der Waals surface area contributed by atoms with Gasteiger partial charge in [-0.15, -0.1) is 3.89 Å². The van der Waals surface area contributed by atoms with Crippen molar-refractivity contribution < 1.29 is 20.7 Å². The first-order valence-electron chi connectivity index (χ1n) is 5.45. The minimum absolute atomic E-state index is 0.195. The molecule has 1 heterocycles. The number of hydrogen-bond acceptors (Lipinski definition) is 5. The summed E-state index contributed by atoms with van der Waals surface area (Å²) >= 11 is 0. The predicted octanol–water partition coefficient (Wildman–Crippen LogP) is 0.834. The molecule has 0 unspecified atom stereocenters. The summed E-state index contributed by atoms with van der Waals surface area (Å²) in [5, 5.41) is 0. The number of benzene rings is 1. The van der Waals surface area contributed by atoms with Crippen LogP contribution in [-0.4, -0.2) is 21.8 Å². The van der Waals surface area contributed by atoms with Gasteiger partial charge in [0, 0.05) is 6.20 Å². The maximum atomic E-state index is 12.7. The van der Waals surface area contributed by atoms with Gasteiger partial charge in [0.1, 0.15) is 5.69 Å². The average molecular weight is 332 g/mol. The van der Waals surface area contributed by atoms with Crippen LogP contribution in [0, 0.1) is 0 Å². The molecule has 1 aromatic heterocycles. The molecule has 0 spiro atoms. The molecule has 21 heavy (non-hydrogen) atoms. The molecular formula is C11H9FN2O5S2. The van der Waals surface area contributed by atoms with Crippen LogP contribution in [-0.2, 0) is 20.2 Å². The molecule has 2 aromatic rings. The van der Waals surface area contributed by atoms with E-state index in [4.69, 9.17) is 0 Å². The van der Waals surface area contributed by atoms with Crippen molar-refractivity contribution in [2.75, 3.05) is 4.72 Å². The summed E-state index contributed by atoms with van der Waals surface area (Å²) in [5.74, 6) is 0. The topological polar surface area (TPSA) is 113 Å². The van der Waals surface area contributed by atoms with E-state index in [1.165, 1.54) is 18.3 Å². The fourth-order valence-electron chi connectivity index (χ4n) is 1.49. The summed E-state index contributed by atoms with van der Waals surface area (Å²) < 4.78 is 60.1. The Bertz CT molecular complexity index is 918. The monoisotopic (exact) mass is 332 g/mol. The normalized spacial score (nSPS) is 12.0. The molecular weight excluding hydrogens is 323 g/mol. The van der Waals surface area contributed by atoms with E-state index in [0.717, 1.165) is 24.3 Å². The Hall–Kier alpha value is -2.20. The second-order valence-corrected chi connectivity index (χ2v) is 6.96. The SMILES string of the molecule is O=c1[nH]cccc1NS(=O)(=O)c1ccc(S(=O)(=O)F)cc1. The second-order valence-electron chi connectivity index (χ2n) is 3.93. The van der Waals surface area contributed by atoms with Crippen LogP contribution in [0.2, 0.25) is 0 Å². The number of hydrogen-bond donors (Lipinski definition) is 2. The van der Waals surface area contributed by atoms with Crippen molar-refractivity contribution >= 4 is 25.9 Å². The highest BCUT2D eigenvalue weighted by Crippen LogP contribution is 2.17. The molecule has 0 atom stereocenters. The first kappa shape index (κ1) is 15.2. The highest BCUT2D eigenvalue weighted by molar-refractivity contribution is 7.92. The van der Waals surface area contributed by atoms with E-state index in [0.29, 0.717) is 0 Å². The fourth-order valence-corrected chi connectivity index (χ4v) is 3.01. The summed E-state index contributed by atoms with van der Waals surface area (Å²) in [6, 6.07) is 6.17. The van der Waals surface area contributed by atoms with Crippen LogP contribution >= 0.6 is 0 Å². The van der Waals surface area contributed by atoms with Gasteiger partial charge < -0.3 is 4.98 Å². The van der Waals surface area contributed by atoms with Gasteiger partial charge in [-0.2, -0.15) is 8.42 Å². The van der Waals surface area contributed by atoms with Gasteiger partial charge >= 0.3 is 10.2 Å². The van der Waals surface area contributed by atoms with Crippen LogP contribution in [0.3, 0.4) is 0 Å². The third-order valence-electron chi connectivity index (χ3n) is 2.48. The molecule has 7 nitrogen and oxygen atoms in total. The van der Waals surface area contributed by atoms with Crippen molar-refractivity contribution in [3.63, 3.8) is 0 Å². The molecule has 0 amide bonds. The molecule has 0 saturated heterocycles. The van der Waals surface area contributed by atoms with Crippen molar-refractivity contribution in [2.24, 2.45) is 0 Å². The predicted molar refractivity (Wildman–Crippen MR) is 72.6 cm³/mol. The first-order valence-corrected chi connectivity index (χ1v) is 8.32. The van der Waals surface area contributed by atoms with Crippen LogP contribution in [0.15, 0.2) is 57.2 Å². The Labute approximate surface area is 119 Å². The molecule has 0 aliphatic rings. The lowest BCUT2D eigenvalue weighted by molar-refractivity contribution is 0.551. The van der Waals surface area contributed by atoms with Crippen LogP contribution < -0.4 is 10.3 Å². The van der Waals surface area contributed by atoms with Gasteiger partial charge in [-0.1, -0.05) is 0 Å². The summed E-state index contributed by atoms with van der Waals surface area (Å²) in [5.41, 5.74) is -0.830. The molecule has 112 valence electrons. The molecule has 0 aliphatic heterocycles. The molecule has 0 aliphatic carbocycles. The van der Waals surface area contributed by atoms with E-state index in [-0.39, 0.29) is 10.6 Å². The summed E-state index contributed by atoms with van der Waals surface area (Å²) in [6.07, 6.45) is 1.33. The lowest BCUT2D eigenvalue weighted by Gasteiger charge is -2.07. The van der Waals surface area contributed by atoms with Crippen molar-refractivity contribution in [2.45, 2.75) is 9.79 Å². The smallest absolute Gasteiger partial charge is 0.327 e. The number of halogens is 1. The lowest BCUT2D eigenvalue weighted by atomic mass is 10.4. The van der Waals surface area contributed by atoms with Crippen LogP contribution in [0.5, 0.6) is 0 Å². The number of aromatic nitrogens is 1. The maximum Gasteiger partial charge on any atom is 0.332 e. The number of pyridine rings is 1. The third kappa shape index (κ3) is 3.47. The zero-order valence-corrected chi connectivity index (χ0v) is 11.9. The minimum Gasteiger partial charge on any atom is -0.327 e. The van der Waals surface area contributed by atoms with Gasteiger partial charge in [-0.25, -0.2) is 8.42 Å². The quantitative estimate of drug-likeness (QED) is 0.805. The van der Waals surface area contributed by atoms with Crippen LogP contribution in [0.4, 0.5) is 9.57 Å². The van der Waals surface area contributed by atoms with Crippen molar-refractivity contribution in [3.8, 4) is 0 Å². The van der Waals surface area contributed by atoms with Crippen LogP contribution in [0.25, 0.3) is 0 Å². The number of nitrogens with one attached hydrogen (secondary N) is 2. The number of aromatic amines is 1. The van der Waals surface area contributed by atoms with E-state index in [1.807, 2.05) is 4.72 Å². The van der Waals surface area contributed by atoms with Gasteiger partial charge in [0.05, 0.1) is 9.79 Å². The standard InChI is InChI=1S/C11H9FN2O5S2/c12-20(16,17)8-3-5-9(6-4-8)21(18,19)14-10-2-1-7-13-11(10)15/h1-7,14H,(H,13,15). The molecule has 0 bridgehead atoms. The molecule has 0 radical (unpaired) electrons. The zero-order chi connectivity index (χ0) is 15.7. The van der Waals surface area contributed by atoms with E-state index in [1.54, 1.807) is 0 Å². The number of H-pyrrole nitrogens is 1. The van der Waals surface area contributed by atoms with Crippen LogP contribution in [0.1, 0.15) is 0 Å². The zero-order valence-electron chi connectivity index (χ0n) is 10.3. The largest absolute Gasteiger partial charge is 0.332 e. The molecule has 0 saturated carbocycles. The Morgan fingerprint density at radius 3 is 2.05 bits per heavy atom. The average Bonchev–Trinajstić information content (AvgIpc) is 2.40. The van der Waals surface area contributed by atoms with Gasteiger partial charge in [0.25, 0.3) is 15.6 Å². The van der Waals surface area contributed by atoms with Crippen molar-refractivity contribution in [3.05, 3.63) is 52.9 Å². The fraction of sp³-hybridized carbons (Fsp3) is 0. The Morgan fingerprint density at radius 2 is 1.52 bits per heavy atom. The van der Waals surface area contributed by atoms with E-state index < -0.39 is 30.7 Å². The molecule has 10 heteroatoms. The highest BCUT2D eigenvalue weighted by atomic mass is 32.3. The van der Waals surface area contributed by atoms with Crippen molar-refractivity contribution in [1.82, 2.24) is 4.98 Å². The summed E-state index contributed by atoms with van der Waals surface area (Å²) in [6.45, 7) is 0. The van der Waals surface area contributed by atoms with E-state index in [9.17, 15) is 25.5 Å². The Kier molecular flexibility index (Phi) is 3.83. The van der Waals surface area contributed by atoms with E-state index in [2.05, 4.69) is 4.98 Å². The molecule has 1 aromatic carbocycles. The van der Waals surface area contributed by atoms with Gasteiger partial charge in [-0.05, 0) is 36.4 Å². The number of sulfonamides is 1.